The maximum atomic E-state index is 13.6. The first-order valence-corrected chi connectivity index (χ1v) is 10.1. The van der Waals surface area contributed by atoms with Crippen LogP contribution in [0.5, 0.6) is 0 Å². The van der Waals surface area contributed by atoms with Crippen LogP contribution in [0.4, 0.5) is 10.3 Å². The van der Waals surface area contributed by atoms with Crippen molar-refractivity contribution in [2.45, 2.75) is 46.1 Å². The van der Waals surface area contributed by atoms with Crippen molar-refractivity contribution < 1.29 is 9.18 Å². The number of benzene rings is 1. The number of imidazole rings is 1. The molecule has 0 bridgehead atoms. The number of nitrogens with two attached hydrogens (primary N) is 1. The number of hydrogen-bond acceptors (Lipinski definition) is 5. The van der Waals surface area contributed by atoms with Crippen molar-refractivity contribution in [3.8, 4) is 11.4 Å². The molecular formula is C21H26FN7O. The van der Waals surface area contributed by atoms with Crippen LogP contribution in [0.1, 0.15) is 42.5 Å². The third-order valence-electron chi connectivity index (χ3n) is 5.40. The predicted octanol–water partition coefficient (Wildman–Crippen LogP) is 2.45. The van der Waals surface area contributed by atoms with Gasteiger partial charge < -0.3 is 15.6 Å². The molecule has 0 aliphatic carbocycles. The van der Waals surface area contributed by atoms with E-state index in [1.165, 1.54) is 6.07 Å². The van der Waals surface area contributed by atoms with Crippen molar-refractivity contribution in [1.29, 1.82) is 0 Å². The maximum Gasteiger partial charge on any atom is 0.244 e. The summed E-state index contributed by atoms with van der Waals surface area (Å²) in [4.78, 5) is 26.9. The van der Waals surface area contributed by atoms with Gasteiger partial charge in [-0.2, -0.15) is 5.10 Å². The fourth-order valence-electron chi connectivity index (χ4n) is 3.76. The number of nitrogens with one attached hydrogen (secondary N) is 1. The Bertz CT molecular complexity index is 1060. The summed E-state index contributed by atoms with van der Waals surface area (Å²) in [7, 11) is 0. The number of aryl methyl sites for hydroxylation is 1. The second-order valence-corrected chi connectivity index (χ2v) is 8.00. The number of rotatable bonds is 4. The Kier molecular flexibility index (Phi) is 5.27. The Morgan fingerprint density at radius 1 is 1.27 bits per heavy atom. The minimum Gasteiger partial charge on any atom is -0.369 e. The number of nitrogens with zero attached hydrogens (tertiary/aromatic N) is 5. The number of carbonyl (C=O) groups excluding carboxylic acids is 1. The lowest BCUT2D eigenvalue weighted by Crippen LogP contribution is -2.36. The fraction of sp³-hybridized carbons (Fsp3) is 0.429. The summed E-state index contributed by atoms with van der Waals surface area (Å²) in [6.07, 6.45) is 1.36. The van der Waals surface area contributed by atoms with Gasteiger partial charge in [0.25, 0.3) is 0 Å². The second kappa shape index (κ2) is 7.89. The molecule has 3 N–H and O–H groups in total. The maximum absolute atomic E-state index is 13.6. The number of carbonyl (C=O) groups is 1. The molecule has 1 aliphatic heterocycles. The zero-order valence-corrected chi connectivity index (χ0v) is 17.4. The van der Waals surface area contributed by atoms with E-state index < -0.39 is 0 Å². The van der Waals surface area contributed by atoms with Gasteiger partial charge in [-0.15, -0.1) is 0 Å². The summed E-state index contributed by atoms with van der Waals surface area (Å²) in [6, 6.07) is 4.80. The molecule has 30 heavy (non-hydrogen) atoms. The smallest absolute Gasteiger partial charge is 0.244 e. The number of nitrogen functional groups attached to an aromatic ring is 1. The van der Waals surface area contributed by atoms with Gasteiger partial charge >= 0.3 is 0 Å². The number of H-pyrrole nitrogens is 1. The van der Waals surface area contributed by atoms with E-state index in [1.807, 2.05) is 18.7 Å². The molecule has 0 spiro atoms. The van der Waals surface area contributed by atoms with E-state index >= 15 is 0 Å². The number of hydrogen-bond donors (Lipinski definition) is 2. The van der Waals surface area contributed by atoms with Gasteiger partial charge in [0.2, 0.25) is 5.91 Å². The first kappa shape index (κ1) is 20.1. The summed E-state index contributed by atoms with van der Waals surface area (Å²) in [6.45, 7) is 7.04. The number of aromatic nitrogens is 5. The lowest BCUT2D eigenvalue weighted by molar-refractivity contribution is -0.132. The van der Waals surface area contributed by atoms with E-state index in [1.54, 1.807) is 23.7 Å². The molecule has 158 valence electrons. The van der Waals surface area contributed by atoms with Crippen LogP contribution in [-0.2, 0) is 24.2 Å². The van der Waals surface area contributed by atoms with Crippen LogP contribution in [0.2, 0.25) is 0 Å². The van der Waals surface area contributed by atoms with Gasteiger partial charge in [-0.1, -0.05) is 13.8 Å². The first-order chi connectivity index (χ1) is 14.3. The van der Waals surface area contributed by atoms with Crippen molar-refractivity contribution in [2.24, 2.45) is 0 Å². The molecule has 1 aromatic carbocycles. The summed E-state index contributed by atoms with van der Waals surface area (Å²) in [5.41, 5.74) is 8.93. The quantitative estimate of drug-likeness (QED) is 0.686. The molecule has 1 amide bonds. The Morgan fingerprint density at radius 2 is 2.03 bits per heavy atom. The highest BCUT2D eigenvalue weighted by Gasteiger charge is 2.23. The Hall–Kier alpha value is -3.23. The standard InChI is InChI=1S/C21H26FN7O/c1-12(2)20-26-19(14-4-5-15(22)13(3)10-14)27-29(20)11-18(30)28-8-6-16-17(7-9-28)25-21(23)24-16/h4-5,10,12H,6-9,11H2,1-3H3,(H3,23,24,25). The molecular weight excluding hydrogens is 385 g/mol. The lowest BCUT2D eigenvalue weighted by Gasteiger charge is -2.20. The van der Waals surface area contributed by atoms with Crippen molar-refractivity contribution in [3.63, 3.8) is 0 Å². The van der Waals surface area contributed by atoms with E-state index in [0.29, 0.717) is 43.3 Å². The number of fused-ring (bicyclic) bond motifs is 1. The van der Waals surface area contributed by atoms with E-state index in [-0.39, 0.29) is 24.2 Å². The molecule has 0 radical (unpaired) electrons. The van der Waals surface area contributed by atoms with Crippen LogP contribution in [0, 0.1) is 12.7 Å². The second-order valence-electron chi connectivity index (χ2n) is 8.00. The normalized spacial score (nSPS) is 14.1. The van der Waals surface area contributed by atoms with Gasteiger partial charge in [0, 0.05) is 43.1 Å². The zero-order chi connectivity index (χ0) is 21.4. The molecule has 1 aliphatic rings. The minimum atomic E-state index is -0.264. The first-order valence-electron chi connectivity index (χ1n) is 10.1. The molecule has 0 fully saturated rings. The van der Waals surface area contributed by atoms with Gasteiger partial charge in [-0.3, -0.25) is 4.79 Å². The molecule has 9 heteroatoms. The van der Waals surface area contributed by atoms with Gasteiger partial charge in [0.1, 0.15) is 18.2 Å². The molecule has 3 aromatic rings. The van der Waals surface area contributed by atoms with Gasteiger partial charge in [-0.25, -0.2) is 19.0 Å². The van der Waals surface area contributed by atoms with Gasteiger partial charge in [0.05, 0.1) is 5.69 Å². The predicted molar refractivity (Wildman–Crippen MR) is 111 cm³/mol. The topological polar surface area (TPSA) is 106 Å². The SMILES string of the molecule is Cc1cc(-c2nc(C(C)C)n(CC(=O)N3CCc4nc(N)[nH]c4CC3)n2)ccc1F. The van der Waals surface area contributed by atoms with Crippen LogP contribution in [-0.4, -0.2) is 48.6 Å². The fourth-order valence-corrected chi connectivity index (χ4v) is 3.76. The highest BCUT2D eigenvalue weighted by molar-refractivity contribution is 5.76. The molecule has 3 heterocycles. The van der Waals surface area contributed by atoms with Crippen LogP contribution in [0.3, 0.4) is 0 Å². The Labute approximate surface area is 174 Å². The monoisotopic (exact) mass is 411 g/mol. The van der Waals surface area contributed by atoms with Crippen molar-refractivity contribution in [1.82, 2.24) is 29.6 Å². The molecule has 0 atom stereocenters. The summed E-state index contributed by atoms with van der Waals surface area (Å²) in [5.74, 6) is 1.47. The third kappa shape index (κ3) is 3.92. The summed E-state index contributed by atoms with van der Waals surface area (Å²) in [5, 5.41) is 4.57. The number of aromatic amines is 1. The molecule has 2 aromatic heterocycles. The van der Waals surface area contributed by atoms with Crippen molar-refractivity contribution in [2.75, 3.05) is 18.8 Å². The lowest BCUT2D eigenvalue weighted by atomic mass is 10.1. The van der Waals surface area contributed by atoms with Crippen LogP contribution < -0.4 is 5.73 Å². The van der Waals surface area contributed by atoms with E-state index in [9.17, 15) is 9.18 Å². The van der Waals surface area contributed by atoms with Crippen molar-refractivity contribution in [3.05, 3.63) is 46.8 Å². The average molecular weight is 411 g/mol. The van der Waals surface area contributed by atoms with Crippen LogP contribution in [0.25, 0.3) is 11.4 Å². The number of anilines is 1. The molecule has 0 saturated heterocycles. The average Bonchev–Trinajstić information content (AvgIpc) is 3.21. The summed E-state index contributed by atoms with van der Waals surface area (Å²) >= 11 is 0. The zero-order valence-electron chi connectivity index (χ0n) is 17.4. The largest absolute Gasteiger partial charge is 0.369 e. The molecule has 4 rings (SSSR count). The Morgan fingerprint density at radius 3 is 2.77 bits per heavy atom. The molecule has 0 unspecified atom stereocenters. The van der Waals surface area contributed by atoms with E-state index in [4.69, 9.17) is 5.73 Å². The van der Waals surface area contributed by atoms with E-state index in [2.05, 4.69) is 20.1 Å². The Balaban J connectivity index is 1.53. The van der Waals surface area contributed by atoms with Gasteiger partial charge in [-0.05, 0) is 30.7 Å². The highest BCUT2D eigenvalue weighted by Crippen LogP contribution is 2.22. The third-order valence-corrected chi connectivity index (χ3v) is 5.40. The van der Waals surface area contributed by atoms with Crippen LogP contribution in [0.15, 0.2) is 18.2 Å². The highest BCUT2D eigenvalue weighted by atomic mass is 19.1. The summed E-state index contributed by atoms with van der Waals surface area (Å²) < 4.78 is 15.3. The van der Waals surface area contributed by atoms with E-state index in [0.717, 1.165) is 22.8 Å². The molecule has 8 nitrogen and oxygen atoms in total. The molecule has 0 saturated carbocycles. The van der Waals surface area contributed by atoms with Crippen LogP contribution >= 0.6 is 0 Å². The number of amides is 1. The minimum absolute atomic E-state index is 0.0123. The van der Waals surface area contributed by atoms with Gasteiger partial charge in [0.15, 0.2) is 11.8 Å². The number of halogens is 1. The van der Waals surface area contributed by atoms with Crippen molar-refractivity contribution >= 4 is 11.9 Å².